The summed E-state index contributed by atoms with van der Waals surface area (Å²) in [6.45, 7) is 0. The summed E-state index contributed by atoms with van der Waals surface area (Å²) < 4.78 is 18.1. The molecule has 14 heteroatoms. The van der Waals surface area contributed by atoms with Crippen LogP contribution in [0.1, 0.15) is 11.1 Å². The van der Waals surface area contributed by atoms with Crippen LogP contribution in [0.15, 0.2) is 58.6 Å². The lowest BCUT2D eigenvalue weighted by atomic mass is 9.72. The summed E-state index contributed by atoms with van der Waals surface area (Å²) in [7, 11) is 0. The number of aliphatic hydroxyl groups is 5. The van der Waals surface area contributed by atoms with Crippen LogP contribution in [0.2, 0.25) is 0 Å². The van der Waals surface area contributed by atoms with Crippen LogP contribution in [0.4, 0.5) is 0 Å². The van der Waals surface area contributed by atoms with Crippen molar-refractivity contribution >= 4 is 11.6 Å². The van der Waals surface area contributed by atoms with Crippen molar-refractivity contribution in [3.8, 4) is 34.5 Å². The molecule has 3 unspecified atom stereocenters. The van der Waals surface area contributed by atoms with E-state index in [0.717, 1.165) is 18.2 Å². The Kier molecular flexibility index (Phi) is 5.02. The van der Waals surface area contributed by atoms with Crippen molar-refractivity contribution in [2.75, 3.05) is 0 Å². The number of hydrogen-bond acceptors (Lipinski definition) is 14. The Bertz CT molecular complexity index is 1840. The van der Waals surface area contributed by atoms with Crippen molar-refractivity contribution in [1.82, 2.24) is 0 Å². The van der Waals surface area contributed by atoms with Gasteiger partial charge in [-0.1, -0.05) is 0 Å². The van der Waals surface area contributed by atoms with E-state index in [2.05, 4.69) is 0 Å². The van der Waals surface area contributed by atoms with E-state index < -0.39 is 76.3 Å². The van der Waals surface area contributed by atoms with Crippen LogP contribution in [-0.2, 0) is 27.2 Å². The maximum absolute atomic E-state index is 13.8. The fourth-order valence-electron chi connectivity index (χ4n) is 7.80. The highest BCUT2D eigenvalue weighted by atomic mass is 16.7. The Morgan fingerprint density at radius 2 is 1.36 bits per heavy atom. The number of ketones is 2. The molecule has 8 rings (SSSR count). The second kappa shape index (κ2) is 8.24. The molecule has 14 nitrogen and oxygen atoms in total. The van der Waals surface area contributed by atoms with Gasteiger partial charge in [-0.25, -0.2) is 0 Å². The fourth-order valence-corrected chi connectivity index (χ4v) is 7.80. The smallest absolute Gasteiger partial charge is 0.261 e. The second-order valence-electron chi connectivity index (χ2n) is 11.9. The van der Waals surface area contributed by atoms with E-state index in [9.17, 15) is 55.5 Å². The van der Waals surface area contributed by atoms with Crippen LogP contribution in [0.25, 0.3) is 0 Å². The van der Waals surface area contributed by atoms with Crippen LogP contribution >= 0.6 is 0 Å². The van der Waals surface area contributed by atoms with Gasteiger partial charge in [-0.3, -0.25) is 9.59 Å². The Balaban J connectivity index is 1.34. The third-order valence-electron chi connectivity index (χ3n) is 9.60. The lowest BCUT2D eigenvalue weighted by Gasteiger charge is -2.47. The molecule has 2 aromatic carbocycles. The molecule has 228 valence electrons. The zero-order chi connectivity index (χ0) is 31.2. The summed E-state index contributed by atoms with van der Waals surface area (Å²) in [6, 6.07) is 4.47. The standard InChI is InChI=1S/C30H24O14/c31-8-1-13(33)10-5-15(35)27(42-16(10)3-8)12-7-19(36)29(40)23-20-21(24(37)26(39)25(23)38)28-18(44-30(29,41)22(12)20)6-11-14(34)2-9(32)4-17(11)43-28/h1-4,7,15,18,20,22,27-28,31-35,37-38,40-41H,5-6H2/t15-,18?,20-,22+,27-,28+,29?,30?/m1/s1. The number of aliphatic hydroxyl groups excluding tert-OH is 3. The maximum atomic E-state index is 13.8. The zero-order valence-electron chi connectivity index (χ0n) is 22.3. The van der Waals surface area contributed by atoms with Gasteiger partial charge >= 0.3 is 0 Å². The predicted octanol–water partition coefficient (Wildman–Crippen LogP) is -0.0424. The van der Waals surface area contributed by atoms with Crippen LogP contribution in [0.3, 0.4) is 0 Å². The van der Waals surface area contributed by atoms with Crippen molar-refractivity contribution in [1.29, 1.82) is 0 Å². The molecule has 9 N–H and O–H groups in total. The minimum Gasteiger partial charge on any atom is -0.508 e. The van der Waals surface area contributed by atoms with E-state index in [-0.39, 0.29) is 69.6 Å². The number of carbonyl (C=O) groups excluding carboxylic acids is 2. The average molecular weight is 609 g/mol. The van der Waals surface area contributed by atoms with E-state index in [4.69, 9.17) is 14.2 Å². The highest BCUT2D eigenvalue weighted by Gasteiger charge is 2.79. The summed E-state index contributed by atoms with van der Waals surface area (Å²) in [5.74, 6) is -12.3. The normalized spacial score (nSPS) is 36.5. The number of hydrogen-bond donors (Lipinski definition) is 9. The van der Waals surface area contributed by atoms with Crippen molar-refractivity contribution in [3.63, 3.8) is 0 Å². The molecule has 44 heavy (non-hydrogen) atoms. The first kappa shape index (κ1) is 26.8. The third kappa shape index (κ3) is 3.02. The third-order valence-corrected chi connectivity index (χ3v) is 9.60. The molecule has 8 atom stereocenters. The van der Waals surface area contributed by atoms with Gasteiger partial charge in [-0.05, 0) is 11.6 Å². The van der Waals surface area contributed by atoms with E-state index >= 15 is 0 Å². The summed E-state index contributed by atoms with van der Waals surface area (Å²) in [5.41, 5.74) is -3.76. The number of phenols is 4. The first-order valence-electron chi connectivity index (χ1n) is 13.7. The monoisotopic (exact) mass is 608 g/mol. The molecule has 2 aromatic rings. The van der Waals surface area contributed by atoms with Gasteiger partial charge in [0, 0.05) is 65.3 Å². The van der Waals surface area contributed by atoms with E-state index in [1.807, 2.05) is 0 Å². The SMILES string of the molecule is O=C1C(O)=C2[C@H]3C(=C1O)C1(O)C(=O)C=C([C@H]4Oc5cc(O)cc(O)c5C[C@H]4O)[C@@H]3C1(O)OC1Cc3c(O)cc(O)cc3O[C@H]21. The molecule has 1 saturated carbocycles. The molecule has 6 aliphatic rings. The highest BCUT2D eigenvalue weighted by molar-refractivity contribution is 6.12. The van der Waals surface area contributed by atoms with Crippen molar-refractivity contribution in [2.45, 2.75) is 48.6 Å². The predicted molar refractivity (Wildman–Crippen MR) is 141 cm³/mol. The van der Waals surface area contributed by atoms with Gasteiger partial charge in [0.15, 0.2) is 23.4 Å². The Labute approximate surface area is 246 Å². The molecule has 3 aliphatic carbocycles. The minimum absolute atomic E-state index is 0.0269. The van der Waals surface area contributed by atoms with Crippen LogP contribution in [0, 0.1) is 11.8 Å². The molecule has 1 saturated heterocycles. The van der Waals surface area contributed by atoms with Gasteiger partial charge in [0.05, 0.1) is 12.0 Å². The zero-order valence-corrected chi connectivity index (χ0v) is 22.3. The lowest BCUT2D eigenvalue weighted by molar-refractivity contribution is -0.308. The van der Waals surface area contributed by atoms with Crippen LogP contribution < -0.4 is 9.47 Å². The van der Waals surface area contributed by atoms with E-state index in [1.165, 1.54) is 12.1 Å². The first-order chi connectivity index (χ1) is 20.8. The molecule has 0 spiro atoms. The number of phenolic OH excluding ortho intramolecular Hbond substituents is 4. The quantitative estimate of drug-likeness (QED) is 0.206. The first-order valence-corrected chi connectivity index (χ1v) is 13.7. The fraction of sp³-hybridized carbons (Fsp3) is 0.333. The minimum atomic E-state index is -3.03. The highest BCUT2D eigenvalue weighted by Crippen LogP contribution is 2.66. The number of Topliss-reactive ketones (excluding diaryl/α,β-unsaturated/α-hetero) is 1. The number of carbonyl (C=O) groups is 2. The van der Waals surface area contributed by atoms with E-state index in [0.29, 0.717) is 0 Å². The Hall–Kier alpha value is -4.76. The number of rotatable bonds is 1. The van der Waals surface area contributed by atoms with Crippen molar-refractivity contribution < 1.29 is 69.8 Å². The molecule has 3 heterocycles. The van der Waals surface area contributed by atoms with Crippen LogP contribution in [-0.4, -0.2) is 93.3 Å². The molecule has 0 aromatic heterocycles. The molecule has 2 fully saturated rings. The van der Waals surface area contributed by atoms with Gasteiger partial charge < -0.3 is 60.2 Å². The van der Waals surface area contributed by atoms with Gasteiger partial charge in [-0.15, -0.1) is 0 Å². The van der Waals surface area contributed by atoms with Gasteiger partial charge in [0.2, 0.25) is 11.4 Å². The molecule has 0 radical (unpaired) electrons. The Morgan fingerprint density at radius 3 is 2.00 bits per heavy atom. The van der Waals surface area contributed by atoms with Crippen LogP contribution in [0.5, 0.6) is 34.5 Å². The molecule has 0 amide bonds. The summed E-state index contributed by atoms with van der Waals surface area (Å²) in [4.78, 5) is 27.0. The summed E-state index contributed by atoms with van der Waals surface area (Å²) in [5, 5.41) is 98.6. The number of benzene rings is 2. The maximum Gasteiger partial charge on any atom is 0.261 e. The van der Waals surface area contributed by atoms with Gasteiger partial charge in [-0.2, -0.15) is 0 Å². The number of aromatic hydroxyl groups is 4. The topological polar surface area (TPSA) is 244 Å². The lowest BCUT2D eigenvalue weighted by Crippen LogP contribution is -2.66. The largest absolute Gasteiger partial charge is 0.508 e. The second-order valence-corrected chi connectivity index (χ2v) is 11.9. The van der Waals surface area contributed by atoms with Gasteiger partial charge in [0.1, 0.15) is 46.7 Å². The Morgan fingerprint density at radius 1 is 0.773 bits per heavy atom. The summed E-state index contributed by atoms with van der Waals surface area (Å²) >= 11 is 0. The van der Waals surface area contributed by atoms with Gasteiger partial charge in [0.25, 0.3) is 5.78 Å². The molecular formula is C30H24O14. The molecular weight excluding hydrogens is 584 g/mol. The number of ether oxygens (including phenoxy) is 3. The average Bonchev–Trinajstić information content (AvgIpc) is 3.01. The van der Waals surface area contributed by atoms with E-state index in [1.54, 1.807) is 0 Å². The van der Waals surface area contributed by atoms with Crippen molar-refractivity contribution in [3.05, 3.63) is 69.7 Å². The summed E-state index contributed by atoms with van der Waals surface area (Å²) in [6.07, 6.45) is -5.16. The van der Waals surface area contributed by atoms with Crippen molar-refractivity contribution in [2.24, 2.45) is 11.8 Å². The number of fused-ring (bicyclic) bond motifs is 5. The molecule has 3 aliphatic heterocycles. The molecule has 4 bridgehead atoms.